The number of aromatic nitrogens is 6. The predicted molar refractivity (Wildman–Crippen MR) is 98.0 cm³/mol. The zero-order valence-electron chi connectivity index (χ0n) is 14.6. The van der Waals surface area contributed by atoms with Crippen LogP contribution in [0.1, 0.15) is 18.4 Å². The maximum Gasteiger partial charge on any atom is 0.298 e. The van der Waals surface area contributed by atoms with Gasteiger partial charge < -0.3 is 9.14 Å². The molecule has 0 bridgehead atoms. The average Bonchev–Trinajstić information content (AvgIpc) is 3.44. The third kappa shape index (κ3) is 2.75. The number of hydrogen-bond donors (Lipinski definition) is 0. The number of ether oxygens (including phenoxy) is 1. The SMILES string of the molecule is Cc1c(-c2ccnc(OC3CC3)c2)cn2cnn(-c3ncccn3)c(=O)c12. The third-order valence-corrected chi connectivity index (χ3v) is 4.57. The molecule has 27 heavy (non-hydrogen) atoms. The van der Waals surface area contributed by atoms with Crippen molar-refractivity contribution < 1.29 is 4.74 Å². The molecule has 8 nitrogen and oxygen atoms in total. The summed E-state index contributed by atoms with van der Waals surface area (Å²) in [6, 6.07) is 5.51. The van der Waals surface area contributed by atoms with Gasteiger partial charge in [0.05, 0.1) is 0 Å². The maximum absolute atomic E-state index is 13.0. The lowest BCUT2D eigenvalue weighted by Crippen LogP contribution is -2.24. The van der Waals surface area contributed by atoms with E-state index >= 15 is 0 Å². The van der Waals surface area contributed by atoms with Gasteiger partial charge in [-0.25, -0.2) is 15.0 Å². The van der Waals surface area contributed by atoms with Crippen molar-refractivity contribution in [2.45, 2.75) is 25.9 Å². The highest BCUT2D eigenvalue weighted by Crippen LogP contribution is 2.31. The van der Waals surface area contributed by atoms with Gasteiger partial charge in [0.25, 0.3) is 11.5 Å². The second-order valence-corrected chi connectivity index (χ2v) is 6.52. The number of fused-ring (bicyclic) bond motifs is 1. The van der Waals surface area contributed by atoms with Crippen LogP contribution >= 0.6 is 0 Å². The first kappa shape index (κ1) is 15.7. The van der Waals surface area contributed by atoms with E-state index < -0.39 is 0 Å². The second kappa shape index (κ2) is 6.01. The Bertz CT molecular complexity index is 1190. The maximum atomic E-state index is 13.0. The van der Waals surface area contributed by atoms with Gasteiger partial charge in [-0.15, -0.1) is 0 Å². The molecule has 1 aliphatic rings. The van der Waals surface area contributed by atoms with Crippen LogP contribution in [0.15, 0.2) is 54.1 Å². The monoisotopic (exact) mass is 360 g/mol. The fraction of sp³-hybridized carbons (Fsp3) is 0.211. The summed E-state index contributed by atoms with van der Waals surface area (Å²) in [5, 5.41) is 4.20. The van der Waals surface area contributed by atoms with Gasteiger partial charge in [0.15, 0.2) is 0 Å². The lowest BCUT2D eigenvalue weighted by atomic mass is 10.1. The van der Waals surface area contributed by atoms with Crippen molar-refractivity contribution in [3.05, 3.63) is 65.2 Å². The summed E-state index contributed by atoms with van der Waals surface area (Å²) < 4.78 is 8.73. The van der Waals surface area contributed by atoms with Crippen molar-refractivity contribution in [1.29, 1.82) is 0 Å². The van der Waals surface area contributed by atoms with Crippen LogP contribution in [0.5, 0.6) is 5.88 Å². The summed E-state index contributed by atoms with van der Waals surface area (Å²) in [6.45, 7) is 1.92. The highest BCUT2D eigenvalue weighted by molar-refractivity contribution is 5.76. The molecular weight excluding hydrogens is 344 g/mol. The molecule has 0 unspecified atom stereocenters. The Morgan fingerprint density at radius 3 is 2.74 bits per heavy atom. The molecule has 5 rings (SSSR count). The minimum Gasteiger partial charge on any atom is -0.474 e. The lowest BCUT2D eigenvalue weighted by Gasteiger charge is -2.05. The quantitative estimate of drug-likeness (QED) is 0.554. The molecule has 0 spiro atoms. The Kier molecular flexibility index (Phi) is 3.49. The van der Waals surface area contributed by atoms with Gasteiger partial charge in [-0.05, 0) is 43.0 Å². The Labute approximate surface area is 154 Å². The molecule has 0 saturated heterocycles. The number of nitrogens with zero attached hydrogens (tertiary/aromatic N) is 6. The number of rotatable bonds is 4. The van der Waals surface area contributed by atoms with E-state index in [0.29, 0.717) is 11.4 Å². The van der Waals surface area contributed by atoms with Crippen molar-refractivity contribution in [1.82, 2.24) is 29.1 Å². The van der Waals surface area contributed by atoms with Crippen molar-refractivity contribution in [3.8, 4) is 23.0 Å². The molecule has 0 radical (unpaired) electrons. The first-order valence-corrected chi connectivity index (χ1v) is 8.71. The van der Waals surface area contributed by atoms with E-state index in [1.165, 1.54) is 4.68 Å². The molecule has 4 heterocycles. The summed E-state index contributed by atoms with van der Waals surface area (Å²) in [7, 11) is 0. The van der Waals surface area contributed by atoms with Crippen LogP contribution in [0.4, 0.5) is 0 Å². The van der Waals surface area contributed by atoms with Crippen LogP contribution in [0.3, 0.4) is 0 Å². The number of aryl methyl sites for hydroxylation is 1. The highest BCUT2D eigenvalue weighted by atomic mass is 16.5. The minimum absolute atomic E-state index is 0.246. The largest absolute Gasteiger partial charge is 0.474 e. The van der Waals surface area contributed by atoms with Crippen molar-refractivity contribution >= 4 is 5.52 Å². The zero-order valence-corrected chi connectivity index (χ0v) is 14.6. The van der Waals surface area contributed by atoms with Crippen LogP contribution in [-0.2, 0) is 0 Å². The van der Waals surface area contributed by atoms with Gasteiger partial charge in [0, 0.05) is 36.4 Å². The van der Waals surface area contributed by atoms with Crippen LogP contribution in [-0.4, -0.2) is 35.2 Å². The van der Waals surface area contributed by atoms with Crippen LogP contribution < -0.4 is 10.3 Å². The minimum atomic E-state index is -0.268. The normalized spacial score (nSPS) is 13.8. The molecule has 8 heteroatoms. The molecule has 0 amide bonds. The molecule has 4 aromatic heterocycles. The Morgan fingerprint density at radius 1 is 1.15 bits per heavy atom. The van der Waals surface area contributed by atoms with E-state index in [-0.39, 0.29) is 17.6 Å². The van der Waals surface area contributed by atoms with E-state index in [9.17, 15) is 4.79 Å². The molecular formula is C19H16N6O2. The first-order chi connectivity index (χ1) is 13.2. The van der Waals surface area contributed by atoms with Crippen LogP contribution in [0, 0.1) is 6.92 Å². The van der Waals surface area contributed by atoms with Gasteiger partial charge in [-0.2, -0.15) is 9.78 Å². The Morgan fingerprint density at radius 2 is 1.96 bits per heavy atom. The van der Waals surface area contributed by atoms with Crippen molar-refractivity contribution in [3.63, 3.8) is 0 Å². The fourth-order valence-electron chi connectivity index (χ4n) is 3.08. The molecule has 1 saturated carbocycles. The summed E-state index contributed by atoms with van der Waals surface area (Å²) in [5.41, 5.74) is 3.01. The van der Waals surface area contributed by atoms with Crippen LogP contribution in [0.25, 0.3) is 22.6 Å². The molecule has 1 fully saturated rings. The summed E-state index contributed by atoms with van der Waals surface area (Å²) in [6.07, 6.45) is 10.8. The topological polar surface area (TPSA) is 87.2 Å². The van der Waals surface area contributed by atoms with E-state index in [4.69, 9.17) is 4.74 Å². The zero-order chi connectivity index (χ0) is 18.4. The van der Waals surface area contributed by atoms with Crippen LogP contribution in [0.2, 0.25) is 0 Å². The van der Waals surface area contributed by atoms with Crippen molar-refractivity contribution in [2.24, 2.45) is 0 Å². The van der Waals surface area contributed by atoms with Gasteiger partial charge in [0.2, 0.25) is 5.88 Å². The lowest BCUT2D eigenvalue weighted by molar-refractivity contribution is 0.291. The molecule has 0 N–H and O–H groups in total. The molecule has 0 aromatic carbocycles. The van der Waals surface area contributed by atoms with Gasteiger partial charge >= 0.3 is 0 Å². The Hall–Kier alpha value is -3.55. The summed E-state index contributed by atoms with van der Waals surface area (Å²) >= 11 is 0. The Balaban J connectivity index is 1.64. The van der Waals surface area contributed by atoms with E-state index in [0.717, 1.165) is 29.5 Å². The molecule has 0 aliphatic heterocycles. The predicted octanol–water partition coefficient (Wildman–Crippen LogP) is 2.19. The number of hydrogen-bond acceptors (Lipinski definition) is 6. The molecule has 134 valence electrons. The third-order valence-electron chi connectivity index (χ3n) is 4.57. The standard InChI is InChI=1S/C19H16N6O2/c1-12-15(13-5-8-20-16(9-13)27-14-3-4-14)10-24-11-23-25(18(26)17(12)24)19-21-6-2-7-22-19/h2,5-11,14H,3-4H2,1H3. The van der Waals surface area contributed by atoms with Gasteiger partial charge in [-0.1, -0.05) is 0 Å². The van der Waals surface area contributed by atoms with Gasteiger partial charge in [-0.3, -0.25) is 4.79 Å². The van der Waals surface area contributed by atoms with E-state index in [1.54, 1.807) is 35.4 Å². The highest BCUT2D eigenvalue weighted by Gasteiger charge is 2.24. The first-order valence-electron chi connectivity index (χ1n) is 8.71. The summed E-state index contributed by atoms with van der Waals surface area (Å²) in [4.78, 5) is 25.5. The second-order valence-electron chi connectivity index (χ2n) is 6.52. The molecule has 4 aromatic rings. The number of pyridine rings is 1. The summed E-state index contributed by atoms with van der Waals surface area (Å²) in [5.74, 6) is 0.856. The fourth-order valence-corrected chi connectivity index (χ4v) is 3.08. The van der Waals surface area contributed by atoms with Gasteiger partial charge in [0.1, 0.15) is 17.9 Å². The van der Waals surface area contributed by atoms with Crippen molar-refractivity contribution in [2.75, 3.05) is 0 Å². The van der Waals surface area contributed by atoms with E-state index in [2.05, 4.69) is 20.1 Å². The molecule has 1 aliphatic carbocycles. The average molecular weight is 360 g/mol. The van der Waals surface area contributed by atoms with E-state index in [1.807, 2.05) is 25.3 Å². The molecule has 0 atom stereocenters. The smallest absolute Gasteiger partial charge is 0.298 e.